The lowest BCUT2D eigenvalue weighted by atomic mass is 10.1. The Bertz CT molecular complexity index is 431. The normalized spacial score (nSPS) is 11.5. The first-order chi connectivity index (χ1) is 11.0. The zero-order valence-electron chi connectivity index (χ0n) is 15.9. The van der Waals surface area contributed by atoms with Crippen molar-refractivity contribution < 1.29 is 9.47 Å². The van der Waals surface area contributed by atoms with Crippen molar-refractivity contribution in [3.8, 4) is 11.5 Å². The molecule has 1 rings (SSSR count). The van der Waals surface area contributed by atoms with Crippen molar-refractivity contribution in [2.24, 2.45) is 11.8 Å². The van der Waals surface area contributed by atoms with E-state index in [9.17, 15) is 0 Å². The molecule has 0 N–H and O–H groups in total. The summed E-state index contributed by atoms with van der Waals surface area (Å²) >= 11 is 0. The maximum Gasteiger partial charge on any atom is 0.160 e. The van der Waals surface area contributed by atoms with Crippen molar-refractivity contribution in [2.75, 3.05) is 33.9 Å². The molecule has 0 radical (unpaired) electrons. The van der Waals surface area contributed by atoms with Crippen molar-refractivity contribution in [2.45, 2.75) is 47.0 Å². The molecule has 0 heterocycles. The molecule has 1 aromatic carbocycles. The maximum absolute atomic E-state index is 5.40. The lowest BCUT2D eigenvalue weighted by Crippen LogP contribution is -2.30. The number of hydrogen-bond acceptors (Lipinski definition) is 3. The molecule has 132 valence electrons. The zero-order valence-corrected chi connectivity index (χ0v) is 15.9. The molecule has 0 unspecified atom stereocenters. The van der Waals surface area contributed by atoms with Crippen LogP contribution in [-0.2, 0) is 6.42 Å². The van der Waals surface area contributed by atoms with Gasteiger partial charge in [0.05, 0.1) is 14.2 Å². The molecule has 0 fully saturated rings. The molecule has 0 saturated carbocycles. The van der Waals surface area contributed by atoms with Gasteiger partial charge in [0.2, 0.25) is 0 Å². The van der Waals surface area contributed by atoms with E-state index in [4.69, 9.17) is 9.47 Å². The van der Waals surface area contributed by atoms with Gasteiger partial charge in [0.15, 0.2) is 11.5 Å². The lowest BCUT2D eigenvalue weighted by Gasteiger charge is -2.24. The third kappa shape index (κ3) is 7.74. The first-order valence-corrected chi connectivity index (χ1v) is 8.89. The van der Waals surface area contributed by atoms with Crippen LogP contribution in [-0.4, -0.2) is 38.8 Å². The fourth-order valence-corrected chi connectivity index (χ4v) is 2.54. The van der Waals surface area contributed by atoms with Gasteiger partial charge in [-0.15, -0.1) is 0 Å². The first-order valence-electron chi connectivity index (χ1n) is 8.89. The summed E-state index contributed by atoms with van der Waals surface area (Å²) in [4.78, 5) is 2.61. The van der Waals surface area contributed by atoms with Gasteiger partial charge >= 0.3 is 0 Å². The minimum Gasteiger partial charge on any atom is -0.493 e. The van der Waals surface area contributed by atoms with Crippen molar-refractivity contribution in [3.63, 3.8) is 0 Å². The predicted molar refractivity (Wildman–Crippen MR) is 98.6 cm³/mol. The molecule has 3 nitrogen and oxygen atoms in total. The van der Waals surface area contributed by atoms with E-state index in [0.717, 1.165) is 36.3 Å². The van der Waals surface area contributed by atoms with E-state index in [1.165, 1.54) is 31.5 Å². The van der Waals surface area contributed by atoms with Gasteiger partial charge in [-0.05, 0) is 61.9 Å². The molecular formula is C20H35NO2. The molecule has 0 amide bonds. The Morgan fingerprint density at radius 1 is 0.826 bits per heavy atom. The summed E-state index contributed by atoms with van der Waals surface area (Å²) in [5.41, 5.74) is 1.31. The Hall–Kier alpha value is -1.22. The Morgan fingerprint density at radius 3 is 1.87 bits per heavy atom. The van der Waals surface area contributed by atoms with E-state index in [-0.39, 0.29) is 0 Å². The van der Waals surface area contributed by atoms with Crippen LogP contribution < -0.4 is 9.47 Å². The fraction of sp³-hybridized carbons (Fsp3) is 0.700. The van der Waals surface area contributed by atoms with Crippen LogP contribution in [0.3, 0.4) is 0 Å². The summed E-state index contributed by atoms with van der Waals surface area (Å²) in [6.07, 6.45) is 3.59. The molecule has 0 atom stereocenters. The fourth-order valence-electron chi connectivity index (χ4n) is 2.54. The quantitative estimate of drug-likeness (QED) is 0.592. The standard InChI is InChI=1S/C20H35NO2/c1-16(2)9-12-21(13-10-17(3)4)14-11-18-7-8-19(22-5)20(15-18)23-6/h7-8,15-17H,9-14H2,1-6H3. The number of hydrogen-bond donors (Lipinski definition) is 0. The highest BCUT2D eigenvalue weighted by molar-refractivity contribution is 5.42. The van der Waals surface area contributed by atoms with Gasteiger partial charge in [0, 0.05) is 6.54 Å². The summed E-state index contributed by atoms with van der Waals surface area (Å²) in [7, 11) is 3.37. The van der Waals surface area contributed by atoms with Crippen LogP contribution in [0.5, 0.6) is 11.5 Å². The van der Waals surface area contributed by atoms with E-state index in [1.54, 1.807) is 14.2 Å². The van der Waals surface area contributed by atoms with Gasteiger partial charge in [-0.2, -0.15) is 0 Å². The molecule has 0 aliphatic rings. The molecule has 0 aromatic heterocycles. The van der Waals surface area contributed by atoms with E-state index < -0.39 is 0 Å². The van der Waals surface area contributed by atoms with Crippen molar-refractivity contribution in [3.05, 3.63) is 23.8 Å². The number of ether oxygens (including phenoxy) is 2. The highest BCUT2D eigenvalue weighted by Crippen LogP contribution is 2.27. The van der Waals surface area contributed by atoms with Gasteiger partial charge in [-0.25, -0.2) is 0 Å². The van der Waals surface area contributed by atoms with Gasteiger partial charge in [-0.3, -0.25) is 0 Å². The predicted octanol–water partition coefficient (Wildman–Crippen LogP) is 4.64. The van der Waals surface area contributed by atoms with Crippen LogP contribution in [0.1, 0.15) is 46.1 Å². The van der Waals surface area contributed by atoms with Gasteiger partial charge in [0.25, 0.3) is 0 Å². The Balaban J connectivity index is 2.61. The summed E-state index contributed by atoms with van der Waals surface area (Å²) in [5.74, 6) is 3.14. The monoisotopic (exact) mass is 321 g/mol. The maximum atomic E-state index is 5.40. The second-order valence-corrected chi connectivity index (χ2v) is 7.15. The van der Waals surface area contributed by atoms with Crippen molar-refractivity contribution in [1.82, 2.24) is 4.90 Å². The summed E-state index contributed by atoms with van der Waals surface area (Å²) in [5, 5.41) is 0. The van der Waals surface area contributed by atoms with Crippen molar-refractivity contribution in [1.29, 1.82) is 0 Å². The summed E-state index contributed by atoms with van der Waals surface area (Å²) in [6.45, 7) is 12.7. The summed E-state index contributed by atoms with van der Waals surface area (Å²) < 4.78 is 10.7. The van der Waals surface area contributed by atoms with Crippen LogP contribution in [0.15, 0.2) is 18.2 Å². The van der Waals surface area contributed by atoms with E-state index in [2.05, 4.69) is 44.7 Å². The van der Waals surface area contributed by atoms with Crippen LogP contribution in [0.4, 0.5) is 0 Å². The van der Waals surface area contributed by atoms with Crippen LogP contribution in [0, 0.1) is 11.8 Å². The average Bonchev–Trinajstić information content (AvgIpc) is 2.53. The molecule has 0 spiro atoms. The molecule has 1 aromatic rings. The molecule has 0 aliphatic carbocycles. The lowest BCUT2D eigenvalue weighted by molar-refractivity contribution is 0.246. The SMILES string of the molecule is COc1ccc(CCN(CCC(C)C)CCC(C)C)cc1OC. The smallest absolute Gasteiger partial charge is 0.160 e. The molecular weight excluding hydrogens is 286 g/mol. The molecule has 0 bridgehead atoms. The molecule has 23 heavy (non-hydrogen) atoms. The average molecular weight is 322 g/mol. The van der Waals surface area contributed by atoms with Gasteiger partial charge in [-0.1, -0.05) is 33.8 Å². The van der Waals surface area contributed by atoms with Gasteiger partial charge < -0.3 is 14.4 Å². The number of nitrogens with zero attached hydrogens (tertiary/aromatic N) is 1. The third-order valence-corrected chi connectivity index (χ3v) is 4.21. The highest BCUT2D eigenvalue weighted by Gasteiger charge is 2.09. The Morgan fingerprint density at radius 2 is 1.39 bits per heavy atom. The molecule has 0 aliphatic heterocycles. The second-order valence-electron chi connectivity index (χ2n) is 7.15. The zero-order chi connectivity index (χ0) is 17.2. The topological polar surface area (TPSA) is 21.7 Å². The van der Waals surface area contributed by atoms with E-state index in [0.29, 0.717) is 0 Å². The number of benzene rings is 1. The first kappa shape index (κ1) is 19.8. The summed E-state index contributed by atoms with van der Waals surface area (Å²) in [6, 6.07) is 6.24. The van der Waals surface area contributed by atoms with Crippen LogP contribution >= 0.6 is 0 Å². The van der Waals surface area contributed by atoms with E-state index in [1.807, 2.05) is 6.07 Å². The minimum atomic E-state index is 0.762. The van der Waals surface area contributed by atoms with Gasteiger partial charge in [0.1, 0.15) is 0 Å². The Labute approximate surface area is 143 Å². The second kappa shape index (κ2) is 10.5. The van der Waals surface area contributed by atoms with E-state index >= 15 is 0 Å². The third-order valence-electron chi connectivity index (χ3n) is 4.21. The molecule has 0 saturated heterocycles. The Kier molecular flexibility index (Phi) is 9.08. The van der Waals surface area contributed by atoms with Crippen LogP contribution in [0.25, 0.3) is 0 Å². The minimum absolute atomic E-state index is 0.762. The highest BCUT2D eigenvalue weighted by atomic mass is 16.5. The molecule has 3 heteroatoms. The number of rotatable bonds is 11. The largest absolute Gasteiger partial charge is 0.493 e. The number of methoxy groups -OCH3 is 2. The van der Waals surface area contributed by atoms with Crippen molar-refractivity contribution >= 4 is 0 Å². The van der Waals surface area contributed by atoms with Crippen LogP contribution in [0.2, 0.25) is 0 Å².